The Kier molecular flexibility index (Phi) is 6.83. The van der Waals surface area contributed by atoms with Gasteiger partial charge in [-0.15, -0.1) is 0 Å². The molecule has 0 aliphatic heterocycles. The summed E-state index contributed by atoms with van der Waals surface area (Å²) in [4.78, 5) is 17.0. The molecule has 0 atom stereocenters. The van der Waals surface area contributed by atoms with Crippen LogP contribution in [0.4, 0.5) is 0 Å². The zero-order valence-corrected chi connectivity index (χ0v) is 17.2. The molecule has 0 N–H and O–H groups in total. The van der Waals surface area contributed by atoms with Gasteiger partial charge in [0, 0.05) is 11.9 Å². The van der Waals surface area contributed by atoms with E-state index in [2.05, 4.69) is 20.9 Å². The molecule has 2 aromatic rings. The van der Waals surface area contributed by atoms with Gasteiger partial charge in [0.25, 0.3) is 5.56 Å². The molecule has 9 heteroatoms. The van der Waals surface area contributed by atoms with Gasteiger partial charge in [0.15, 0.2) is 0 Å². The Morgan fingerprint density at radius 1 is 1.35 bits per heavy atom. The Balaban J connectivity index is 2.33. The molecule has 2 aromatic heterocycles. The third-order valence-electron chi connectivity index (χ3n) is 2.92. The van der Waals surface area contributed by atoms with Crippen molar-refractivity contribution < 1.29 is 9.05 Å². The molecular weight excluding hydrogens is 419 g/mol. The molecule has 0 aliphatic rings. The second-order valence-electron chi connectivity index (χ2n) is 4.67. The lowest BCUT2D eigenvalue weighted by Gasteiger charge is -2.20. The Labute approximate surface area is 152 Å². The van der Waals surface area contributed by atoms with Crippen molar-refractivity contribution in [1.82, 2.24) is 9.38 Å². The maximum Gasteiger partial charge on any atom is 0.272 e. The molecule has 0 aliphatic carbocycles. The number of hydrogen-bond donors (Lipinski definition) is 0. The SMILES string of the molecule is CCOP(=S)(OCC)SCc1nc2ccc(C)cn2c(=O)c1Br. The van der Waals surface area contributed by atoms with Crippen molar-refractivity contribution >= 4 is 50.5 Å². The first-order valence-corrected chi connectivity index (χ1v) is 12.1. The third-order valence-corrected chi connectivity index (χ3v) is 9.13. The Hall–Kier alpha value is -0.240. The van der Waals surface area contributed by atoms with E-state index < -0.39 is 5.69 Å². The van der Waals surface area contributed by atoms with Gasteiger partial charge in [-0.2, -0.15) is 0 Å². The maximum atomic E-state index is 12.5. The van der Waals surface area contributed by atoms with Crippen molar-refractivity contribution in [2.24, 2.45) is 0 Å². The van der Waals surface area contributed by atoms with Gasteiger partial charge in [0.1, 0.15) is 10.1 Å². The minimum atomic E-state index is -2.41. The highest BCUT2D eigenvalue weighted by atomic mass is 79.9. The van der Waals surface area contributed by atoms with Crippen LogP contribution in [0.5, 0.6) is 0 Å². The molecule has 2 heterocycles. The van der Waals surface area contributed by atoms with Crippen LogP contribution in [-0.4, -0.2) is 22.6 Å². The number of aromatic nitrogens is 2. The van der Waals surface area contributed by atoms with Gasteiger partial charge < -0.3 is 9.05 Å². The Morgan fingerprint density at radius 3 is 2.61 bits per heavy atom. The fraction of sp³-hybridized carbons (Fsp3) is 0.429. The molecule has 2 rings (SSSR count). The smallest absolute Gasteiger partial charge is 0.272 e. The van der Waals surface area contributed by atoms with Gasteiger partial charge in [0.05, 0.1) is 18.9 Å². The number of halogens is 1. The van der Waals surface area contributed by atoms with E-state index >= 15 is 0 Å². The normalized spacial score (nSPS) is 12.0. The molecule has 0 saturated carbocycles. The van der Waals surface area contributed by atoms with Crippen LogP contribution in [0.1, 0.15) is 25.1 Å². The van der Waals surface area contributed by atoms with E-state index in [0.29, 0.717) is 34.8 Å². The summed E-state index contributed by atoms with van der Waals surface area (Å²) in [5, 5.41) is 0. The van der Waals surface area contributed by atoms with Crippen LogP contribution in [0, 0.1) is 6.92 Å². The van der Waals surface area contributed by atoms with Gasteiger partial charge in [-0.3, -0.25) is 9.20 Å². The number of nitrogens with zero attached hydrogens (tertiary/aromatic N) is 2. The first kappa shape index (κ1) is 19.1. The minimum absolute atomic E-state index is 0.129. The second kappa shape index (κ2) is 8.23. The minimum Gasteiger partial charge on any atom is -0.322 e. The van der Waals surface area contributed by atoms with E-state index in [1.807, 2.05) is 32.9 Å². The van der Waals surface area contributed by atoms with Crippen molar-refractivity contribution in [3.05, 3.63) is 44.4 Å². The number of hydrogen-bond acceptors (Lipinski definition) is 6. The summed E-state index contributed by atoms with van der Waals surface area (Å²) in [5.74, 6) is 0.456. The predicted octanol–water partition coefficient (Wildman–Crippen LogP) is 4.30. The number of pyridine rings is 1. The van der Waals surface area contributed by atoms with Crippen LogP contribution in [0.2, 0.25) is 0 Å². The number of fused-ring (bicyclic) bond motifs is 1. The van der Waals surface area contributed by atoms with Crippen LogP contribution in [0.3, 0.4) is 0 Å². The molecule has 0 radical (unpaired) electrons. The van der Waals surface area contributed by atoms with E-state index in [1.165, 1.54) is 15.8 Å². The van der Waals surface area contributed by atoms with Crippen molar-refractivity contribution in [1.29, 1.82) is 0 Å². The first-order valence-electron chi connectivity index (χ1n) is 7.11. The fourth-order valence-corrected chi connectivity index (χ4v) is 6.91. The highest BCUT2D eigenvalue weighted by Crippen LogP contribution is 2.61. The summed E-state index contributed by atoms with van der Waals surface area (Å²) >= 11 is 10.3. The molecule has 0 unspecified atom stereocenters. The highest BCUT2D eigenvalue weighted by Gasteiger charge is 2.21. The summed E-state index contributed by atoms with van der Waals surface area (Å²) in [6.07, 6.45) is 1.77. The van der Waals surface area contributed by atoms with Crippen LogP contribution < -0.4 is 5.56 Å². The number of rotatable bonds is 7. The van der Waals surface area contributed by atoms with Gasteiger partial charge in [0.2, 0.25) is 5.69 Å². The van der Waals surface area contributed by atoms with Crippen LogP contribution >= 0.6 is 33.0 Å². The molecule has 0 bridgehead atoms. The lowest BCUT2D eigenvalue weighted by Crippen LogP contribution is -2.18. The van der Waals surface area contributed by atoms with E-state index in [-0.39, 0.29) is 5.56 Å². The topological polar surface area (TPSA) is 52.8 Å². The van der Waals surface area contributed by atoms with Gasteiger partial charge >= 0.3 is 0 Å². The van der Waals surface area contributed by atoms with Gasteiger partial charge in [-0.1, -0.05) is 17.4 Å². The largest absolute Gasteiger partial charge is 0.322 e. The molecule has 0 amide bonds. The maximum absolute atomic E-state index is 12.5. The molecule has 0 fully saturated rings. The third kappa shape index (κ3) is 4.65. The van der Waals surface area contributed by atoms with Crippen LogP contribution in [0.25, 0.3) is 5.65 Å². The molecule has 0 aromatic carbocycles. The molecule has 126 valence electrons. The zero-order valence-electron chi connectivity index (χ0n) is 13.1. The lowest BCUT2D eigenvalue weighted by atomic mass is 10.3. The molecule has 0 saturated heterocycles. The van der Waals surface area contributed by atoms with Gasteiger partial charge in [-0.25, -0.2) is 4.98 Å². The monoisotopic (exact) mass is 436 g/mol. The lowest BCUT2D eigenvalue weighted by molar-refractivity contribution is 0.280. The van der Waals surface area contributed by atoms with E-state index in [1.54, 1.807) is 6.20 Å². The van der Waals surface area contributed by atoms with Crippen molar-refractivity contribution in [3.63, 3.8) is 0 Å². The summed E-state index contributed by atoms with van der Waals surface area (Å²) in [6.45, 7) is 6.71. The van der Waals surface area contributed by atoms with E-state index in [4.69, 9.17) is 20.9 Å². The summed E-state index contributed by atoms with van der Waals surface area (Å²) in [7, 11) is 0. The Morgan fingerprint density at radius 2 is 2.00 bits per heavy atom. The zero-order chi connectivity index (χ0) is 17.0. The van der Waals surface area contributed by atoms with Crippen LogP contribution in [-0.2, 0) is 26.6 Å². The molecular formula is C14H18BrN2O3PS2. The van der Waals surface area contributed by atoms with Crippen molar-refractivity contribution in [2.45, 2.75) is 26.5 Å². The molecule has 0 spiro atoms. The summed E-state index contributed by atoms with van der Waals surface area (Å²) in [5.41, 5.74) is -0.276. The first-order chi connectivity index (χ1) is 10.9. The predicted molar refractivity (Wildman–Crippen MR) is 103 cm³/mol. The molecule has 23 heavy (non-hydrogen) atoms. The second-order valence-corrected chi connectivity index (χ2v) is 11.8. The van der Waals surface area contributed by atoms with Crippen molar-refractivity contribution in [3.8, 4) is 0 Å². The summed E-state index contributed by atoms with van der Waals surface area (Å²) in [6, 6.07) is 3.76. The fourth-order valence-electron chi connectivity index (χ4n) is 1.93. The van der Waals surface area contributed by atoms with E-state index in [9.17, 15) is 4.79 Å². The van der Waals surface area contributed by atoms with Gasteiger partial charge in [-0.05, 0) is 60.1 Å². The van der Waals surface area contributed by atoms with Crippen LogP contribution in [0.15, 0.2) is 27.6 Å². The summed E-state index contributed by atoms with van der Waals surface area (Å²) < 4.78 is 13.2. The van der Waals surface area contributed by atoms with E-state index in [0.717, 1.165) is 5.56 Å². The molecule has 5 nitrogen and oxygen atoms in total. The number of aryl methyl sites for hydroxylation is 1. The Bertz CT molecular complexity index is 802. The highest BCUT2D eigenvalue weighted by molar-refractivity contribution is 9.10. The standard InChI is InChI=1S/C14H18BrN2O3PS2/c1-4-19-21(22,20-5-2)23-9-11-13(15)14(18)17-8-10(3)6-7-12(17)16-11/h6-8H,4-5,9H2,1-3H3. The average molecular weight is 437 g/mol. The average Bonchev–Trinajstić information content (AvgIpc) is 2.51. The quantitative estimate of drug-likeness (QED) is 0.603. The van der Waals surface area contributed by atoms with Crippen molar-refractivity contribution in [2.75, 3.05) is 13.2 Å².